The lowest BCUT2D eigenvalue weighted by Crippen LogP contribution is -2.23. The SMILES string of the molecule is O=C(/C=C/c1ccccc1[N+](=O)[O-])NCCCOCC1CC1. The molecule has 2 rings (SSSR count). The Morgan fingerprint density at radius 1 is 1.41 bits per heavy atom. The Hall–Kier alpha value is -2.21. The second-order valence-electron chi connectivity index (χ2n) is 5.31. The summed E-state index contributed by atoms with van der Waals surface area (Å²) in [5, 5.41) is 13.6. The predicted molar refractivity (Wildman–Crippen MR) is 83.3 cm³/mol. The summed E-state index contributed by atoms with van der Waals surface area (Å²) in [6, 6.07) is 6.31. The molecule has 0 unspecified atom stereocenters. The third-order valence-corrected chi connectivity index (χ3v) is 3.36. The molecule has 0 atom stereocenters. The van der Waals surface area contributed by atoms with Crippen molar-refractivity contribution in [1.82, 2.24) is 5.32 Å². The highest BCUT2D eigenvalue weighted by atomic mass is 16.6. The van der Waals surface area contributed by atoms with Gasteiger partial charge in [0.1, 0.15) is 0 Å². The van der Waals surface area contributed by atoms with Crippen LogP contribution in [0.1, 0.15) is 24.8 Å². The minimum atomic E-state index is -0.464. The van der Waals surface area contributed by atoms with Gasteiger partial charge in [-0.25, -0.2) is 0 Å². The first kappa shape index (κ1) is 16.2. The molecule has 6 nitrogen and oxygen atoms in total. The fourth-order valence-corrected chi connectivity index (χ4v) is 1.94. The van der Waals surface area contributed by atoms with Crippen LogP contribution in [0, 0.1) is 16.0 Å². The van der Waals surface area contributed by atoms with Crippen LogP contribution < -0.4 is 5.32 Å². The molecule has 0 radical (unpaired) electrons. The molecule has 1 aliphatic rings. The molecule has 0 aromatic heterocycles. The van der Waals surface area contributed by atoms with E-state index in [9.17, 15) is 14.9 Å². The zero-order valence-electron chi connectivity index (χ0n) is 12.4. The van der Waals surface area contributed by atoms with Crippen molar-refractivity contribution in [2.75, 3.05) is 19.8 Å². The average Bonchev–Trinajstić information content (AvgIpc) is 3.33. The van der Waals surface area contributed by atoms with Gasteiger partial charge in [-0.2, -0.15) is 0 Å². The number of benzene rings is 1. The quantitative estimate of drug-likeness (QED) is 0.329. The molecule has 0 bridgehead atoms. The van der Waals surface area contributed by atoms with Gasteiger partial charge in [-0.3, -0.25) is 14.9 Å². The molecule has 0 saturated heterocycles. The molecule has 1 fully saturated rings. The fourth-order valence-electron chi connectivity index (χ4n) is 1.94. The third-order valence-electron chi connectivity index (χ3n) is 3.36. The Morgan fingerprint density at radius 3 is 2.91 bits per heavy atom. The first-order chi connectivity index (χ1) is 10.7. The van der Waals surface area contributed by atoms with E-state index in [-0.39, 0.29) is 11.6 Å². The largest absolute Gasteiger partial charge is 0.381 e. The van der Waals surface area contributed by atoms with Gasteiger partial charge in [-0.1, -0.05) is 12.1 Å². The molecule has 118 valence electrons. The normalized spacial score (nSPS) is 14.2. The van der Waals surface area contributed by atoms with Gasteiger partial charge < -0.3 is 10.1 Å². The molecule has 1 aromatic carbocycles. The van der Waals surface area contributed by atoms with Crippen LogP contribution in [0.2, 0.25) is 0 Å². The van der Waals surface area contributed by atoms with Crippen molar-refractivity contribution in [3.8, 4) is 0 Å². The summed E-state index contributed by atoms with van der Waals surface area (Å²) in [6.45, 7) is 2.00. The van der Waals surface area contributed by atoms with Crippen molar-refractivity contribution >= 4 is 17.7 Å². The van der Waals surface area contributed by atoms with Crippen molar-refractivity contribution in [1.29, 1.82) is 0 Å². The number of rotatable bonds is 9. The van der Waals surface area contributed by atoms with E-state index in [1.165, 1.54) is 31.1 Å². The number of hydrogen-bond acceptors (Lipinski definition) is 4. The van der Waals surface area contributed by atoms with Crippen molar-refractivity contribution in [2.24, 2.45) is 5.92 Å². The second-order valence-corrected chi connectivity index (χ2v) is 5.31. The van der Waals surface area contributed by atoms with Crippen molar-refractivity contribution in [2.45, 2.75) is 19.3 Å². The molecule has 22 heavy (non-hydrogen) atoms. The summed E-state index contributed by atoms with van der Waals surface area (Å²) in [5.41, 5.74) is 0.399. The highest BCUT2D eigenvalue weighted by Gasteiger charge is 2.20. The molecule has 1 saturated carbocycles. The fraction of sp³-hybridized carbons (Fsp3) is 0.438. The van der Waals surface area contributed by atoms with E-state index in [4.69, 9.17) is 4.74 Å². The van der Waals surface area contributed by atoms with Crippen LogP contribution in [0.3, 0.4) is 0 Å². The maximum absolute atomic E-state index is 11.6. The van der Waals surface area contributed by atoms with Gasteiger partial charge in [0.15, 0.2) is 0 Å². The van der Waals surface area contributed by atoms with E-state index in [2.05, 4.69) is 5.32 Å². The monoisotopic (exact) mass is 304 g/mol. The number of nitro groups is 1. The Balaban J connectivity index is 1.68. The van der Waals surface area contributed by atoms with Gasteiger partial charge in [0.05, 0.1) is 10.5 Å². The van der Waals surface area contributed by atoms with E-state index in [0.717, 1.165) is 18.9 Å². The molecule has 1 aliphatic carbocycles. The Kier molecular flexibility index (Phi) is 6.09. The molecule has 6 heteroatoms. The number of carbonyl (C=O) groups excluding carboxylic acids is 1. The molecule has 0 spiro atoms. The number of carbonyl (C=O) groups is 1. The minimum absolute atomic E-state index is 0.0139. The van der Waals surface area contributed by atoms with Gasteiger partial charge in [-0.15, -0.1) is 0 Å². The van der Waals surface area contributed by atoms with Crippen LogP contribution in [0.15, 0.2) is 30.3 Å². The van der Waals surface area contributed by atoms with Gasteiger partial charge in [-0.05, 0) is 37.3 Å². The summed E-state index contributed by atoms with van der Waals surface area (Å²) in [4.78, 5) is 22.0. The maximum atomic E-state index is 11.6. The van der Waals surface area contributed by atoms with E-state index in [1.807, 2.05) is 0 Å². The molecule has 1 amide bonds. The van der Waals surface area contributed by atoms with Crippen molar-refractivity contribution in [3.63, 3.8) is 0 Å². The summed E-state index contributed by atoms with van der Waals surface area (Å²) in [7, 11) is 0. The number of amides is 1. The van der Waals surface area contributed by atoms with E-state index >= 15 is 0 Å². The number of para-hydroxylation sites is 1. The van der Waals surface area contributed by atoms with Crippen LogP contribution >= 0.6 is 0 Å². The van der Waals surface area contributed by atoms with Crippen LogP contribution in [-0.4, -0.2) is 30.6 Å². The Labute approximate surface area is 129 Å². The Morgan fingerprint density at radius 2 is 2.18 bits per heavy atom. The zero-order chi connectivity index (χ0) is 15.8. The van der Waals surface area contributed by atoms with Gasteiger partial charge in [0, 0.05) is 31.9 Å². The lowest BCUT2D eigenvalue weighted by molar-refractivity contribution is -0.385. The van der Waals surface area contributed by atoms with E-state index < -0.39 is 4.92 Å². The van der Waals surface area contributed by atoms with Crippen molar-refractivity contribution in [3.05, 3.63) is 46.0 Å². The molecule has 0 aliphatic heterocycles. The summed E-state index contributed by atoms with van der Waals surface area (Å²) >= 11 is 0. The standard InChI is InChI=1S/C16H20N2O4/c19-16(17-10-3-11-22-12-13-6-7-13)9-8-14-4-1-2-5-15(14)18(20)21/h1-2,4-5,8-9,13H,3,6-7,10-12H2,(H,17,19)/b9-8+. The summed E-state index contributed by atoms with van der Waals surface area (Å²) < 4.78 is 5.47. The smallest absolute Gasteiger partial charge is 0.276 e. The molecule has 1 aromatic rings. The number of ether oxygens (including phenoxy) is 1. The number of hydrogen-bond donors (Lipinski definition) is 1. The van der Waals surface area contributed by atoms with Gasteiger partial charge in [0.2, 0.25) is 5.91 Å². The minimum Gasteiger partial charge on any atom is -0.381 e. The summed E-state index contributed by atoms with van der Waals surface area (Å²) in [6.07, 6.45) is 6.07. The molecular weight excluding hydrogens is 284 g/mol. The van der Waals surface area contributed by atoms with Crippen LogP contribution in [0.5, 0.6) is 0 Å². The first-order valence-corrected chi connectivity index (χ1v) is 7.44. The topological polar surface area (TPSA) is 81.5 Å². The molecule has 0 heterocycles. The lowest BCUT2D eigenvalue weighted by atomic mass is 10.1. The van der Waals surface area contributed by atoms with Crippen LogP contribution in [0.4, 0.5) is 5.69 Å². The van der Waals surface area contributed by atoms with E-state index in [1.54, 1.807) is 18.2 Å². The molecular formula is C16H20N2O4. The number of nitrogens with one attached hydrogen (secondary N) is 1. The van der Waals surface area contributed by atoms with E-state index in [0.29, 0.717) is 18.7 Å². The second kappa shape index (κ2) is 8.29. The Bertz CT molecular complexity index is 553. The highest BCUT2D eigenvalue weighted by Crippen LogP contribution is 2.28. The van der Waals surface area contributed by atoms with Gasteiger partial charge >= 0.3 is 0 Å². The third kappa shape index (κ3) is 5.65. The zero-order valence-corrected chi connectivity index (χ0v) is 12.4. The first-order valence-electron chi connectivity index (χ1n) is 7.44. The van der Waals surface area contributed by atoms with Gasteiger partial charge in [0.25, 0.3) is 5.69 Å². The number of nitro benzene ring substituents is 1. The highest BCUT2D eigenvalue weighted by molar-refractivity contribution is 5.92. The average molecular weight is 304 g/mol. The van der Waals surface area contributed by atoms with Crippen LogP contribution in [-0.2, 0) is 9.53 Å². The number of nitrogens with zero attached hydrogens (tertiary/aromatic N) is 1. The van der Waals surface area contributed by atoms with Crippen LogP contribution in [0.25, 0.3) is 6.08 Å². The predicted octanol–water partition coefficient (Wildman–Crippen LogP) is 2.54. The maximum Gasteiger partial charge on any atom is 0.276 e. The summed E-state index contributed by atoms with van der Waals surface area (Å²) in [5.74, 6) is 0.486. The van der Waals surface area contributed by atoms with Crippen molar-refractivity contribution < 1.29 is 14.5 Å². The lowest BCUT2D eigenvalue weighted by Gasteiger charge is -2.03. The molecule has 1 N–H and O–H groups in total.